The molecule has 19 heavy (non-hydrogen) atoms. The number of halogens is 2. The number of rotatable bonds is 5. The third-order valence-corrected chi connectivity index (χ3v) is 3.50. The van der Waals surface area contributed by atoms with Crippen LogP contribution < -0.4 is 10.5 Å². The summed E-state index contributed by atoms with van der Waals surface area (Å²) in [6.45, 7) is 2.76. The van der Waals surface area contributed by atoms with Crippen molar-refractivity contribution in [1.82, 2.24) is 0 Å². The van der Waals surface area contributed by atoms with Crippen molar-refractivity contribution < 1.29 is 9.15 Å². The van der Waals surface area contributed by atoms with Gasteiger partial charge in [-0.05, 0) is 63.8 Å². The van der Waals surface area contributed by atoms with Gasteiger partial charge in [-0.15, -0.1) is 0 Å². The van der Waals surface area contributed by atoms with Gasteiger partial charge in [-0.25, -0.2) is 0 Å². The van der Waals surface area contributed by atoms with E-state index in [1.165, 1.54) is 0 Å². The first-order valence-electron chi connectivity index (χ1n) is 6.05. The highest BCUT2D eigenvalue weighted by Crippen LogP contribution is 2.31. The zero-order valence-corrected chi connectivity index (χ0v) is 12.9. The summed E-state index contributed by atoms with van der Waals surface area (Å²) in [5.74, 6) is 1.45. The SMILES string of the molecule is CCCOc1ccc(C(N)c2ccc(Cl)o2)cc1Br. The Morgan fingerprint density at radius 1 is 1.37 bits per heavy atom. The van der Waals surface area contributed by atoms with Crippen LogP contribution in [0.25, 0.3) is 0 Å². The molecule has 2 aromatic rings. The van der Waals surface area contributed by atoms with Crippen LogP contribution in [0.15, 0.2) is 39.2 Å². The van der Waals surface area contributed by atoms with E-state index in [0.717, 1.165) is 22.2 Å². The smallest absolute Gasteiger partial charge is 0.193 e. The Morgan fingerprint density at radius 3 is 2.74 bits per heavy atom. The quantitative estimate of drug-likeness (QED) is 0.866. The van der Waals surface area contributed by atoms with Gasteiger partial charge in [-0.2, -0.15) is 0 Å². The highest BCUT2D eigenvalue weighted by atomic mass is 79.9. The van der Waals surface area contributed by atoms with Crippen LogP contribution in [-0.4, -0.2) is 6.61 Å². The average molecular weight is 345 g/mol. The van der Waals surface area contributed by atoms with Gasteiger partial charge in [0.05, 0.1) is 17.1 Å². The summed E-state index contributed by atoms with van der Waals surface area (Å²) in [7, 11) is 0. The Hall–Kier alpha value is -0.970. The fraction of sp³-hybridized carbons (Fsp3) is 0.286. The number of furan rings is 1. The molecule has 102 valence electrons. The Labute approximate surface area is 125 Å². The van der Waals surface area contributed by atoms with E-state index >= 15 is 0 Å². The van der Waals surface area contributed by atoms with Gasteiger partial charge < -0.3 is 14.9 Å². The van der Waals surface area contributed by atoms with Gasteiger partial charge >= 0.3 is 0 Å². The van der Waals surface area contributed by atoms with E-state index in [9.17, 15) is 0 Å². The molecule has 0 spiro atoms. The van der Waals surface area contributed by atoms with Crippen molar-refractivity contribution in [3.05, 3.63) is 51.3 Å². The zero-order valence-electron chi connectivity index (χ0n) is 10.5. The molecule has 0 aliphatic rings. The van der Waals surface area contributed by atoms with Crippen LogP contribution in [0.1, 0.15) is 30.7 Å². The lowest BCUT2D eigenvalue weighted by atomic mass is 10.1. The minimum absolute atomic E-state index is 0.340. The van der Waals surface area contributed by atoms with Gasteiger partial charge in [0, 0.05) is 0 Å². The summed E-state index contributed by atoms with van der Waals surface area (Å²) in [5.41, 5.74) is 7.07. The molecule has 0 amide bonds. The molecule has 0 aliphatic heterocycles. The molecular weight excluding hydrogens is 330 g/mol. The van der Waals surface area contributed by atoms with E-state index in [4.69, 9.17) is 26.5 Å². The molecule has 5 heteroatoms. The third kappa shape index (κ3) is 3.53. The van der Waals surface area contributed by atoms with E-state index in [-0.39, 0.29) is 6.04 Å². The molecule has 1 unspecified atom stereocenters. The monoisotopic (exact) mass is 343 g/mol. The van der Waals surface area contributed by atoms with E-state index in [1.54, 1.807) is 12.1 Å². The minimum Gasteiger partial charge on any atom is -0.492 e. The molecular formula is C14H15BrClNO2. The summed E-state index contributed by atoms with van der Waals surface area (Å²) in [5, 5.41) is 0.340. The summed E-state index contributed by atoms with van der Waals surface area (Å²) in [6.07, 6.45) is 0.971. The van der Waals surface area contributed by atoms with Gasteiger partial charge in [-0.1, -0.05) is 13.0 Å². The lowest BCUT2D eigenvalue weighted by molar-refractivity contribution is 0.315. The summed E-state index contributed by atoms with van der Waals surface area (Å²) in [6, 6.07) is 8.89. The molecule has 1 heterocycles. The van der Waals surface area contributed by atoms with Crippen molar-refractivity contribution in [2.24, 2.45) is 5.73 Å². The molecule has 0 fully saturated rings. The summed E-state index contributed by atoms with van der Waals surface area (Å²) < 4.78 is 11.8. The zero-order chi connectivity index (χ0) is 13.8. The molecule has 0 saturated heterocycles. The Kier molecular flexibility index (Phi) is 4.91. The number of ether oxygens (including phenoxy) is 1. The number of hydrogen-bond donors (Lipinski definition) is 1. The van der Waals surface area contributed by atoms with Crippen LogP contribution >= 0.6 is 27.5 Å². The topological polar surface area (TPSA) is 48.4 Å². The minimum atomic E-state index is -0.343. The summed E-state index contributed by atoms with van der Waals surface area (Å²) >= 11 is 9.24. The van der Waals surface area contributed by atoms with Crippen molar-refractivity contribution in [2.45, 2.75) is 19.4 Å². The first-order valence-corrected chi connectivity index (χ1v) is 7.22. The molecule has 1 aromatic heterocycles. The van der Waals surface area contributed by atoms with Crippen LogP contribution in [0.5, 0.6) is 5.75 Å². The lowest BCUT2D eigenvalue weighted by Crippen LogP contribution is -2.11. The molecule has 1 atom stereocenters. The maximum absolute atomic E-state index is 6.13. The van der Waals surface area contributed by atoms with E-state index in [1.807, 2.05) is 18.2 Å². The Morgan fingerprint density at radius 2 is 2.16 bits per heavy atom. The van der Waals surface area contributed by atoms with Crippen molar-refractivity contribution in [1.29, 1.82) is 0 Å². The van der Waals surface area contributed by atoms with Gasteiger partial charge in [0.25, 0.3) is 0 Å². The van der Waals surface area contributed by atoms with Crippen LogP contribution in [0, 0.1) is 0 Å². The normalized spacial score (nSPS) is 12.4. The lowest BCUT2D eigenvalue weighted by Gasteiger charge is -2.12. The van der Waals surface area contributed by atoms with Gasteiger partial charge in [0.2, 0.25) is 0 Å². The first kappa shape index (κ1) is 14.4. The van der Waals surface area contributed by atoms with E-state index < -0.39 is 0 Å². The third-order valence-electron chi connectivity index (χ3n) is 2.68. The highest BCUT2D eigenvalue weighted by molar-refractivity contribution is 9.10. The predicted octanol–water partition coefficient (Wildman–Crippen LogP) is 4.53. The fourth-order valence-corrected chi connectivity index (χ4v) is 2.36. The van der Waals surface area contributed by atoms with E-state index in [0.29, 0.717) is 17.6 Å². The van der Waals surface area contributed by atoms with Crippen LogP contribution in [-0.2, 0) is 0 Å². The number of benzene rings is 1. The molecule has 0 aliphatic carbocycles. The van der Waals surface area contributed by atoms with Crippen LogP contribution in [0.2, 0.25) is 5.22 Å². The molecule has 2 rings (SSSR count). The summed E-state index contributed by atoms with van der Waals surface area (Å²) in [4.78, 5) is 0. The molecule has 0 bridgehead atoms. The first-order chi connectivity index (χ1) is 9.11. The Bertz CT molecular complexity index is 556. The second-order valence-corrected chi connectivity index (χ2v) is 5.38. The van der Waals surface area contributed by atoms with Gasteiger partial charge in [0.1, 0.15) is 11.5 Å². The van der Waals surface area contributed by atoms with Gasteiger partial charge in [0.15, 0.2) is 5.22 Å². The van der Waals surface area contributed by atoms with Crippen molar-refractivity contribution in [2.75, 3.05) is 6.61 Å². The van der Waals surface area contributed by atoms with Crippen LogP contribution in [0.4, 0.5) is 0 Å². The molecule has 0 saturated carbocycles. The maximum atomic E-state index is 6.13. The Balaban J connectivity index is 2.19. The molecule has 1 aromatic carbocycles. The second-order valence-electron chi connectivity index (χ2n) is 4.16. The largest absolute Gasteiger partial charge is 0.492 e. The standard InChI is InChI=1S/C14H15BrClNO2/c1-2-7-18-11-4-3-9(8-10(11)15)14(17)12-5-6-13(16)19-12/h3-6,8,14H,2,7,17H2,1H3. The maximum Gasteiger partial charge on any atom is 0.193 e. The molecule has 0 radical (unpaired) electrons. The highest BCUT2D eigenvalue weighted by Gasteiger charge is 2.14. The fourth-order valence-electron chi connectivity index (χ4n) is 1.70. The predicted molar refractivity (Wildman–Crippen MR) is 79.7 cm³/mol. The second kappa shape index (κ2) is 6.46. The number of hydrogen-bond acceptors (Lipinski definition) is 3. The van der Waals surface area contributed by atoms with Crippen molar-refractivity contribution >= 4 is 27.5 Å². The van der Waals surface area contributed by atoms with Gasteiger partial charge in [-0.3, -0.25) is 0 Å². The average Bonchev–Trinajstić information content (AvgIpc) is 2.83. The van der Waals surface area contributed by atoms with Crippen molar-refractivity contribution in [3.63, 3.8) is 0 Å². The van der Waals surface area contributed by atoms with Crippen LogP contribution in [0.3, 0.4) is 0 Å². The van der Waals surface area contributed by atoms with E-state index in [2.05, 4.69) is 22.9 Å². The molecule has 2 N–H and O–H groups in total. The number of nitrogens with two attached hydrogens (primary N) is 1. The van der Waals surface area contributed by atoms with Crippen molar-refractivity contribution in [3.8, 4) is 5.75 Å². The molecule has 3 nitrogen and oxygen atoms in total.